The molecule has 1 heterocycles. The summed E-state index contributed by atoms with van der Waals surface area (Å²) in [6, 6.07) is 20.0. The van der Waals surface area contributed by atoms with E-state index in [1.54, 1.807) is 12.0 Å². The van der Waals surface area contributed by atoms with Crippen molar-refractivity contribution in [2.75, 3.05) is 12.0 Å². The Kier molecular flexibility index (Phi) is 7.96. The lowest BCUT2D eigenvalue weighted by atomic mass is 10.1. The van der Waals surface area contributed by atoms with Gasteiger partial charge in [-0.05, 0) is 94.1 Å². The van der Waals surface area contributed by atoms with E-state index in [0.717, 1.165) is 38.7 Å². The third-order valence-corrected chi connectivity index (χ3v) is 7.52. The molecule has 4 nitrogen and oxygen atoms in total. The van der Waals surface area contributed by atoms with E-state index in [1.165, 1.54) is 22.9 Å². The highest BCUT2D eigenvalue weighted by Gasteiger charge is 2.35. The maximum absolute atomic E-state index is 13.6. The Bertz CT molecular complexity index is 1270. The first kappa shape index (κ1) is 24.8. The number of benzene rings is 3. The van der Waals surface area contributed by atoms with Gasteiger partial charge in [0.1, 0.15) is 5.75 Å². The second kappa shape index (κ2) is 10.9. The number of carbonyl (C=O) groups is 1. The predicted octanol–water partition coefficient (Wildman–Crippen LogP) is 8.15. The summed E-state index contributed by atoms with van der Waals surface area (Å²) >= 11 is 8.44. The molecular formula is C27H24Br2N2O2S. The lowest BCUT2D eigenvalue weighted by Crippen LogP contribution is -2.28. The van der Waals surface area contributed by atoms with Gasteiger partial charge in [-0.15, -0.1) is 0 Å². The van der Waals surface area contributed by atoms with Crippen molar-refractivity contribution in [3.8, 4) is 5.75 Å². The van der Waals surface area contributed by atoms with Gasteiger partial charge in [-0.1, -0.05) is 54.0 Å². The van der Waals surface area contributed by atoms with Gasteiger partial charge in [0.05, 0.1) is 27.9 Å². The highest BCUT2D eigenvalue weighted by Crippen LogP contribution is 2.40. The molecule has 1 saturated heterocycles. The highest BCUT2D eigenvalue weighted by molar-refractivity contribution is 9.11. The molecule has 0 unspecified atom stereocenters. The number of amides is 1. The quantitative estimate of drug-likeness (QED) is 0.268. The maximum atomic E-state index is 13.6. The molecule has 1 fully saturated rings. The topological polar surface area (TPSA) is 41.9 Å². The number of aryl methyl sites for hydroxylation is 2. The molecule has 0 N–H and O–H groups in total. The zero-order valence-electron chi connectivity index (χ0n) is 19.1. The van der Waals surface area contributed by atoms with Crippen molar-refractivity contribution in [3.63, 3.8) is 0 Å². The molecule has 0 atom stereocenters. The second-order valence-electron chi connectivity index (χ2n) is 7.70. The molecule has 3 aromatic rings. The molecule has 7 heteroatoms. The first-order valence-corrected chi connectivity index (χ1v) is 13.4. The monoisotopic (exact) mass is 598 g/mol. The van der Waals surface area contributed by atoms with Crippen molar-refractivity contribution in [1.29, 1.82) is 0 Å². The number of methoxy groups -OCH3 is 1. The largest absolute Gasteiger partial charge is 0.495 e. The first-order valence-electron chi connectivity index (χ1n) is 11.0. The minimum atomic E-state index is -0.115. The van der Waals surface area contributed by atoms with Crippen LogP contribution < -0.4 is 9.64 Å². The van der Waals surface area contributed by atoms with Gasteiger partial charge < -0.3 is 4.74 Å². The zero-order valence-corrected chi connectivity index (χ0v) is 23.1. The van der Waals surface area contributed by atoms with Crippen LogP contribution >= 0.6 is 43.6 Å². The Morgan fingerprint density at radius 1 is 0.971 bits per heavy atom. The fourth-order valence-corrected chi connectivity index (χ4v) is 6.03. The van der Waals surface area contributed by atoms with Gasteiger partial charge in [0.15, 0.2) is 5.17 Å². The molecule has 34 heavy (non-hydrogen) atoms. The summed E-state index contributed by atoms with van der Waals surface area (Å²) in [6.45, 7) is 4.24. The van der Waals surface area contributed by atoms with Crippen molar-refractivity contribution in [2.24, 2.45) is 4.99 Å². The molecule has 0 saturated carbocycles. The normalized spacial score (nSPS) is 16.0. The summed E-state index contributed by atoms with van der Waals surface area (Å²) in [7, 11) is 1.62. The van der Waals surface area contributed by atoms with E-state index in [4.69, 9.17) is 9.73 Å². The zero-order chi connectivity index (χ0) is 24.2. The van der Waals surface area contributed by atoms with Gasteiger partial charge in [-0.25, -0.2) is 4.99 Å². The fraction of sp³-hybridized carbons (Fsp3) is 0.185. The van der Waals surface area contributed by atoms with E-state index < -0.39 is 0 Å². The molecule has 0 aromatic heterocycles. The number of thioether (sulfide) groups is 1. The number of hydrogen-bond acceptors (Lipinski definition) is 4. The molecule has 0 bridgehead atoms. The van der Waals surface area contributed by atoms with Gasteiger partial charge in [-0.2, -0.15) is 0 Å². The Hall–Kier alpha value is -2.35. The SMILES string of the molecule is CCc1ccc(N=C2S/C(=C\c3cc(Br)cc(Br)c3OC)C(=O)N2c2ccc(CC)cc2)cc1. The number of carbonyl (C=O) groups excluding carboxylic acids is 1. The molecular weight excluding hydrogens is 576 g/mol. The van der Waals surface area contributed by atoms with Crippen LogP contribution in [0.25, 0.3) is 6.08 Å². The number of amidine groups is 1. The van der Waals surface area contributed by atoms with E-state index in [2.05, 4.69) is 70.0 Å². The predicted molar refractivity (Wildman–Crippen MR) is 150 cm³/mol. The summed E-state index contributed by atoms with van der Waals surface area (Å²) in [4.78, 5) is 20.7. The van der Waals surface area contributed by atoms with Crippen LogP contribution in [0, 0.1) is 0 Å². The second-order valence-corrected chi connectivity index (χ2v) is 10.5. The average molecular weight is 600 g/mol. The number of rotatable bonds is 6. The van der Waals surface area contributed by atoms with Crippen molar-refractivity contribution < 1.29 is 9.53 Å². The number of aliphatic imine (C=N–C) groups is 1. The summed E-state index contributed by atoms with van der Waals surface area (Å²) < 4.78 is 7.28. The van der Waals surface area contributed by atoms with E-state index in [1.807, 2.05) is 42.5 Å². The van der Waals surface area contributed by atoms with Crippen molar-refractivity contribution in [1.82, 2.24) is 0 Å². The molecule has 0 spiro atoms. The van der Waals surface area contributed by atoms with Crippen LogP contribution in [0.3, 0.4) is 0 Å². The molecule has 174 valence electrons. The Balaban J connectivity index is 1.79. The number of hydrogen-bond donors (Lipinski definition) is 0. The summed E-state index contributed by atoms with van der Waals surface area (Å²) in [5.41, 5.74) is 4.88. The van der Waals surface area contributed by atoms with E-state index in [0.29, 0.717) is 15.8 Å². The van der Waals surface area contributed by atoms with Crippen LogP contribution in [0.1, 0.15) is 30.5 Å². The molecule has 1 aliphatic heterocycles. The molecule has 1 aliphatic rings. The van der Waals surface area contributed by atoms with Crippen molar-refractivity contribution in [2.45, 2.75) is 26.7 Å². The van der Waals surface area contributed by atoms with Gasteiger partial charge in [0, 0.05) is 10.0 Å². The Morgan fingerprint density at radius 2 is 1.59 bits per heavy atom. The van der Waals surface area contributed by atoms with E-state index in [9.17, 15) is 4.79 Å². The number of nitrogens with zero attached hydrogens (tertiary/aromatic N) is 2. The minimum Gasteiger partial charge on any atom is -0.495 e. The standard InChI is InChI=1S/C27H24Br2N2O2S/c1-4-17-6-10-21(11-7-17)30-27-31(22-12-8-18(5-2)9-13-22)26(32)24(34-27)15-19-14-20(28)16-23(29)25(19)33-3/h6-16H,4-5H2,1-3H3/b24-15-,30-27?. The Morgan fingerprint density at radius 3 is 2.18 bits per heavy atom. The lowest BCUT2D eigenvalue weighted by Gasteiger charge is -2.16. The van der Waals surface area contributed by atoms with Gasteiger partial charge in [-0.3, -0.25) is 9.69 Å². The molecule has 0 radical (unpaired) electrons. The average Bonchev–Trinajstić information content (AvgIpc) is 3.13. The number of anilines is 1. The summed E-state index contributed by atoms with van der Waals surface area (Å²) in [5, 5.41) is 0.623. The molecule has 3 aromatic carbocycles. The third kappa shape index (κ3) is 5.32. The van der Waals surface area contributed by atoms with Gasteiger partial charge in [0.25, 0.3) is 5.91 Å². The van der Waals surface area contributed by atoms with Crippen molar-refractivity contribution >= 4 is 72.1 Å². The van der Waals surface area contributed by atoms with Crippen LogP contribution in [-0.2, 0) is 17.6 Å². The third-order valence-electron chi connectivity index (χ3n) is 5.51. The van der Waals surface area contributed by atoms with Gasteiger partial charge >= 0.3 is 0 Å². The van der Waals surface area contributed by atoms with Crippen molar-refractivity contribution in [3.05, 3.63) is 91.2 Å². The maximum Gasteiger partial charge on any atom is 0.271 e. The van der Waals surface area contributed by atoms with Crippen LogP contribution in [0.2, 0.25) is 0 Å². The Labute approximate surface area is 221 Å². The van der Waals surface area contributed by atoms with Crippen LogP contribution in [0.5, 0.6) is 5.75 Å². The first-order chi connectivity index (χ1) is 16.4. The minimum absolute atomic E-state index is 0.115. The van der Waals surface area contributed by atoms with E-state index in [-0.39, 0.29) is 5.91 Å². The van der Waals surface area contributed by atoms with Gasteiger partial charge in [0.2, 0.25) is 0 Å². The number of ether oxygens (including phenoxy) is 1. The summed E-state index contributed by atoms with van der Waals surface area (Å²) in [5.74, 6) is 0.555. The van der Waals surface area contributed by atoms with Crippen LogP contribution in [0.15, 0.2) is 79.5 Å². The molecule has 0 aliphatic carbocycles. The number of halogens is 2. The lowest BCUT2D eigenvalue weighted by molar-refractivity contribution is -0.113. The summed E-state index contributed by atoms with van der Waals surface area (Å²) in [6.07, 6.45) is 3.77. The van der Waals surface area contributed by atoms with E-state index >= 15 is 0 Å². The van der Waals surface area contributed by atoms with Crippen LogP contribution in [-0.4, -0.2) is 18.2 Å². The fourth-order valence-electron chi connectivity index (χ4n) is 3.62. The highest BCUT2D eigenvalue weighted by atomic mass is 79.9. The molecule has 1 amide bonds. The van der Waals surface area contributed by atoms with Crippen LogP contribution in [0.4, 0.5) is 11.4 Å². The molecule has 4 rings (SSSR count). The smallest absolute Gasteiger partial charge is 0.271 e.